The van der Waals surface area contributed by atoms with Crippen molar-refractivity contribution in [2.45, 2.75) is 33.1 Å². The Balaban J connectivity index is 1.68. The average molecular weight is 382 g/mol. The fraction of sp³-hybridized carbons (Fsp3) is 0.364. The molecular formula is C22H27N3OS. The number of amides is 1. The van der Waals surface area contributed by atoms with Crippen LogP contribution in [0.5, 0.6) is 0 Å². The lowest BCUT2D eigenvalue weighted by Crippen LogP contribution is -2.27. The van der Waals surface area contributed by atoms with Gasteiger partial charge in [-0.25, -0.2) is 4.99 Å². The predicted octanol–water partition coefficient (Wildman–Crippen LogP) is 5.01. The summed E-state index contributed by atoms with van der Waals surface area (Å²) in [5.41, 5.74) is 4.16. The predicted molar refractivity (Wildman–Crippen MR) is 116 cm³/mol. The Morgan fingerprint density at radius 2 is 1.85 bits per heavy atom. The number of nitrogens with zero attached hydrogens (tertiary/aromatic N) is 2. The zero-order valence-electron chi connectivity index (χ0n) is 16.1. The molecular weight excluding hydrogens is 354 g/mol. The molecule has 1 aliphatic heterocycles. The number of hydrogen-bond acceptors (Lipinski definition) is 3. The number of likely N-dealkylation sites (tertiary alicyclic amines) is 1. The second kappa shape index (κ2) is 9.60. The molecule has 1 aliphatic rings. The van der Waals surface area contributed by atoms with Crippen LogP contribution in [0.15, 0.2) is 53.5 Å². The molecule has 2 aromatic rings. The van der Waals surface area contributed by atoms with Gasteiger partial charge in [0.25, 0.3) is 0 Å². The van der Waals surface area contributed by atoms with E-state index in [4.69, 9.17) is 4.99 Å². The van der Waals surface area contributed by atoms with Gasteiger partial charge in [0.1, 0.15) is 0 Å². The van der Waals surface area contributed by atoms with Crippen LogP contribution in [0.25, 0.3) is 0 Å². The van der Waals surface area contributed by atoms with Gasteiger partial charge in [0.05, 0.1) is 11.4 Å². The normalized spacial score (nSPS) is 14.4. The van der Waals surface area contributed by atoms with E-state index >= 15 is 0 Å². The Morgan fingerprint density at radius 3 is 2.56 bits per heavy atom. The van der Waals surface area contributed by atoms with E-state index in [-0.39, 0.29) is 5.91 Å². The fourth-order valence-electron chi connectivity index (χ4n) is 3.22. The number of thioether (sulfide) groups is 1. The Hall–Kier alpha value is -2.27. The van der Waals surface area contributed by atoms with Crippen LogP contribution in [-0.4, -0.2) is 34.8 Å². The Morgan fingerprint density at radius 1 is 1.11 bits per heavy atom. The molecule has 0 atom stereocenters. The molecule has 142 valence electrons. The summed E-state index contributed by atoms with van der Waals surface area (Å²) in [7, 11) is 0. The van der Waals surface area contributed by atoms with Gasteiger partial charge in [0.2, 0.25) is 5.91 Å². The lowest BCUT2D eigenvalue weighted by atomic mass is 10.1. The lowest BCUT2D eigenvalue weighted by Gasteiger charge is -2.19. The summed E-state index contributed by atoms with van der Waals surface area (Å²) < 4.78 is 0. The zero-order valence-corrected chi connectivity index (χ0v) is 16.9. The molecule has 2 aromatic carbocycles. The van der Waals surface area contributed by atoms with E-state index in [0.29, 0.717) is 5.75 Å². The van der Waals surface area contributed by atoms with E-state index in [2.05, 4.69) is 23.2 Å². The number of hydrogen-bond donors (Lipinski definition) is 1. The molecule has 0 aromatic heterocycles. The highest BCUT2D eigenvalue weighted by Crippen LogP contribution is 2.23. The molecule has 3 rings (SSSR count). The minimum absolute atomic E-state index is 0.0176. The number of carbonyl (C=O) groups excluding carboxylic acids is 1. The van der Waals surface area contributed by atoms with Gasteiger partial charge in [-0.1, -0.05) is 55.1 Å². The van der Waals surface area contributed by atoms with Crippen molar-refractivity contribution in [1.29, 1.82) is 0 Å². The molecule has 1 heterocycles. The van der Waals surface area contributed by atoms with Crippen LogP contribution in [0.1, 0.15) is 30.9 Å². The van der Waals surface area contributed by atoms with Gasteiger partial charge in [-0.2, -0.15) is 0 Å². The molecule has 0 spiro atoms. The first-order chi connectivity index (χ1) is 13.2. The van der Waals surface area contributed by atoms with Crippen LogP contribution < -0.4 is 5.32 Å². The van der Waals surface area contributed by atoms with Crippen LogP contribution in [0.2, 0.25) is 0 Å². The highest BCUT2D eigenvalue weighted by atomic mass is 32.2. The number of aryl methyl sites for hydroxylation is 2. The maximum absolute atomic E-state index is 12.6. The standard InChI is InChI=1S/C22H27N3OS/c1-3-18-11-9-10-17(2)21(18)24-20(26)16-27-22(25-14-7-8-15-25)23-19-12-5-4-6-13-19/h4-6,9-13H,3,7-8,14-16H2,1-2H3,(H,24,26). The van der Waals surface area contributed by atoms with E-state index in [1.54, 1.807) is 0 Å². The van der Waals surface area contributed by atoms with E-state index in [9.17, 15) is 4.79 Å². The van der Waals surface area contributed by atoms with Gasteiger partial charge in [0, 0.05) is 18.8 Å². The molecule has 0 aliphatic carbocycles. The number of para-hydroxylation sites is 2. The number of aliphatic imine (C=N–C) groups is 1. The fourth-order valence-corrected chi connectivity index (χ4v) is 4.09. The Labute approximate surface area is 166 Å². The van der Waals surface area contributed by atoms with Crippen molar-refractivity contribution in [3.8, 4) is 0 Å². The van der Waals surface area contributed by atoms with Crippen molar-refractivity contribution in [3.05, 3.63) is 59.7 Å². The second-order valence-electron chi connectivity index (χ2n) is 6.72. The van der Waals surface area contributed by atoms with E-state index in [0.717, 1.165) is 41.6 Å². The van der Waals surface area contributed by atoms with Crippen molar-refractivity contribution in [2.24, 2.45) is 4.99 Å². The van der Waals surface area contributed by atoms with Gasteiger partial charge in [-0.3, -0.25) is 4.79 Å². The molecule has 27 heavy (non-hydrogen) atoms. The molecule has 0 radical (unpaired) electrons. The number of benzene rings is 2. The summed E-state index contributed by atoms with van der Waals surface area (Å²) >= 11 is 1.52. The maximum Gasteiger partial charge on any atom is 0.234 e. The van der Waals surface area contributed by atoms with Crippen LogP contribution in [0, 0.1) is 6.92 Å². The molecule has 1 fully saturated rings. The molecule has 0 unspecified atom stereocenters. The molecule has 4 nitrogen and oxygen atoms in total. The smallest absolute Gasteiger partial charge is 0.234 e. The summed E-state index contributed by atoms with van der Waals surface area (Å²) in [6, 6.07) is 16.1. The van der Waals surface area contributed by atoms with Crippen molar-refractivity contribution < 1.29 is 4.79 Å². The minimum Gasteiger partial charge on any atom is -0.351 e. The van der Waals surface area contributed by atoms with E-state index < -0.39 is 0 Å². The van der Waals surface area contributed by atoms with Gasteiger partial charge in [0.15, 0.2) is 5.17 Å². The highest BCUT2D eigenvalue weighted by Gasteiger charge is 2.18. The Bertz CT molecular complexity index is 798. The third kappa shape index (κ3) is 5.36. The first-order valence-corrected chi connectivity index (χ1v) is 10.6. The van der Waals surface area contributed by atoms with Gasteiger partial charge >= 0.3 is 0 Å². The molecule has 0 bridgehead atoms. The summed E-state index contributed by atoms with van der Waals surface area (Å²) in [6.45, 7) is 6.17. The lowest BCUT2D eigenvalue weighted by molar-refractivity contribution is -0.113. The first-order valence-electron chi connectivity index (χ1n) is 9.57. The van der Waals surface area contributed by atoms with Gasteiger partial charge in [-0.15, -0.1) is 0 Å². The second-order valence-corrected chi connectivity index (χ2v) is 7.67. The Kier molecular flexibility index (Phi) is 6.93. The highest BCUT2D eigenvalue weighted by molar-refractivity contribution is 8.14. The number of rotatable bonds is 5. The quantitative estimate of drug-likeness (QED) is 0.585. The van der Waals surface area contributed by atoms with Crippen LogP contribution >= 0.6 is 11.8 Å². The summed E-state index contributed by atoms with van der Waals surface area (Å²) in [5.74, 6) is 0.378. The third-order valence-corrected chi connectivity index (χ3v) is 5.71. The summed E-state index contributed by atoms with van der Waals surface area (Å²) in [4.78, 5) is 19.7. The van der Waals surface area contributed by atoms with Crippen molar-refractivity contribution in [3.63, 3.8) is 0 Å². The van der Waals surface area contributed by atoms with Gasteiger partial charge in [-0.05, 0) is 49.4 Å². The topological polar surface area (TPSA) is 44.7 Å². The minimum atomic E-state index is 0.0176. The van der Waals surface area contributed by atoms with E-state index in [1.807, 2.05) is 49.4 Å². The number of carbonyl (C=O) groups is 1. The maximum atomic E-state index is 12.6. The number of anilines is 1. The average Bonchev–Trinajstić information content (AvgIpc) is 3.22. The molecule has 1 saturated heterocycles. The third-order valence-electron chi connectivity index (χ3n) is 4.69. The molecule has 1 N–H and O–H groups in total. The van der Waals surface area contributed by atoms with Crippen molar-refractivity contribution >= 4 is 34.2 Å². The zero-order chi connectivity index (χ0) is 19.1. The number of nitrogens with one attached hydrogen (secondary N) is 1. The number of amidine groups is 1. The van der Waals surface area contributed by atoms with Crippen LogP contribution in [0.3, 0.4) is 0 Å². The van der Waals surface area contributed by atoms with E-state index in [1.165, 1.54) is 30.2 Å². The van der Waals surface area contributed by atoms with Gasteiger partial charge < -0.3 is 10.2 Å². The molecule has 5 heteroatoms. The SMILES string of the molecule is CCc1cccc(C)c1NC(=O)CSC(=Nc1ccccc1)N1CCCC1. The summed E-state index contributed by atoms with van der Waals surface area (Å²) in [5, 5.41) is 4.05. The largest absolute Gasteiger partial charge is 0.351 e. The monoisotopic (exact) mass is 381 g/mol. The molecule has 1 amide bonds. The van der Waals surface area contributed by atoms with Crippen LogP contribution in [-0.2, 0) is 11.2 Å². The van der Waals surface area contributed by atoms with Crippen molar-refractivity contribution in [1.82, 2.24) is 4.90 Å². The van der Waals surface area contributed by atoms with Crippen molar-refractivity contribution in [2.75, 3.05) is 24.2 Å². The van der Waals surface area contributed by atoms with Crippen LogP contribution in [0.4, 0.5) is 11.4 Å². The summed E-state index contributed by atoms with van der Waals surface area (Å²) in [6.07, 6.45) is 3.27. The first kappa shape index (κ1) is 19.5. The molecule has 0 saturated carbocycles.